The molecule has 0 spiro atoms. The SMILES string of the molecule is CCC1(CC)C[Si](C)(C)[Si](CC)(CC)OC1(CC)CC. The second-order valence-corrected chi connectivity index (χ2v) is 22.1. The van der Waals surface area contributed by atoms with Gasteiger partial charge in [-0.2, -0.15) is 0 Å². The Hall–Kier alpha value is 0.394. The van der Waals surface area contributed by atoms with Gasteiger partial charge in [-0.25, -0.2) is 0 Å². The molecule has 0 aliphatic carbocycles. The van der Waals surface area contributed by atoms with Gasteiger partial charge in [0.2, 0.25) is 0 Å². The molecule has 0 saturated carbocycles. The highest BCUT2D eigenvalue weighted by Gasteiger charge is 2.63. The molecular formula is C17H38OSi2. The summed E-state index contributed by atoms with van der Waals surface area (Å²) in [7, 11) is -2.77. The van der Waals surface area contributed by atoms with E-state index in [4.69, 9.17) is 4.43 Å². The van der Waals surface area contributed by atoms with Crippen LogP contribution in [-0.4, -0.2) is 21.0 Å². The number of rotatable bonds is 6. The van der Waals surface area contributed by atoms with Crippen LogP contribution in [0, 0.1) is 5.41 Å². The van der Waals surface area contributed by atoms with Crippen LogP contribution in [0.25, 0.3) is 0 Å². The van der Waals surface area contributed by atoms with Gasteiger partial charge in [0, 0.05) is 0 Å². The van der Waals surface area contributed by atoms with Gasteiger partial charge in [0.05, 0.1) is 13.2 Å². The van der Waals surface area contributed by atoms with Crippen molar-refractivity contribution in [3.8, 4) is 0 Å². The highest BCUT2D eigenvalue weighted by molar-refractivity contribution is 7.39. The van der Waals surface area contributed by atoms with Gasteiger partial charge >= 0.3 is 0 Å². The van der Waals surface area contributed by atoms with E-state index in [2.05, 4.69) is 54.6 Å². The van der Waals surface area contributed by atoms with Crippen molar-refractivity contribution >= 4 is 15.4 Å². The minimum absolute atomic E-state index is 0.164. The monoisotopic (exact) mass is 314 g/mol. The first-order chi connectivity index (χ1) is 9.28. The molecule has 0 N–H and O–H groups in total. The lowest BCUT2D eigenvalue weighted by Gasteiger charge is -2.64. The molecule has 0 aromatic carbocycles. The quantitative estimate of drug-likeness (QED) is 0.534. The Bertz CT molecular complexity index is 313. The lowest BCUT2D eigenvalue weighted by molar-refractivity contribution is -0.0781. The first kappa shape index (κ1) is 18.4. The van der Waals surface area contributed by atoms with E-state index in [9.17, 15) is 0 Å². The van der Waals surface area contributed by atoms with Gasteiger partial charge in [-0.1, -0.05) is 54.6 Å². The average molecular weight is 315 g/mol. The molecule has 0 unspecified atom stereocenters. The summed E-state index contributed by atoms with van der Waals surface area (Å²) in [5.41, 5.74) is 0.602. The molecule has 1 heterocycles. The minimum Gasteiger partial charge on any atom is -0.414 e. The van der Waals surface area contributed by atoms with Crippen LogP contribution in [0.15, 0.2) is 0 Å². The molecule has 0 radical (unpaired) electrons. The van der Waals surface area contributed by atoms with E-state index in [-0.39, 0.29) is 5.60 Å². The van der Waals surface area contributed by atoms with E-state index in [0.717, 1.165) is 0 Å². The molecule has 3 heteroatoms. The molecular weight excluding hydrogens is 276 g/mol. The van der Waals surface area contributed by atoms with Crippen molar-refractivity contribution in [3.05, 3.63) is 0 Å². The molecule has 1 rings (SSSR count). The smallest absolute Gasteiger partial charge is 0.180 e. The predicted octanol–water partition coefficient (Wildman–Crippen LogP) is 6.15. The molecule has 20 heavy (non-hydrogen) atoms. The molecule has 0 bridgehead atoms. The standard InChI is InChI=1S/C17H38OSi2/c1-9-16(10-2)15-19(7,8)20(13-5,14-6)18-17(16,11-3)12-4/h9-15H2,1-8H3. The van der Waals surface area contributed by atoms with Crippen molar-refractivity contribution in [1.29, 1.82) is 0 Å². The van der Waals surface area contributed by atoms with Crippen LogP contribution in [-0.2, 0) is 4.43 Å². The van der Waals surface area contributed by atoms with Crippen molar-refractivity contribution in [2.75, 3.05) is 0 Å². The fraction of sp³-hybridized carbons (Fsp3) is 1.00. The summed E-state index contributed by atoms with van der Waals surface area (Å²) < 4.78 is 7.27. The minimum atomic E-state index is -1.52. The number of hydrogen-bond donors (Lipinski definition) is 0. The van der Waals surface area contributed by atoms with Crippen LogP contribution >= 0.6 is 0 Å². The first-order valence-corrected chi connectivity index (χ1v) is 15.5. The Kier molecular flexibility index (Phi) is 5.77. The zero-order valence-electron chi connectivity index (χ0n) is 15.4. The van der Waals surface area contributed by atoms with Gasteiger partial charge in [-0.05, 0) is 49.2 Å². The fourth-order valence-electron chi connectivity index (χ4n) is 5.43. The molecule has 0 amide bonds. The van der Waals surface area contributed by atoms with Crippen LogP contribution in [0.5, 0.6) is 0 Å². The average Bonchev–Trinajstić information content (AvgIpc) is 2.46. The topological polar surface area (TPSA) is 9.23 Å². The summed E-state index contributed by atoms with van der Waals surface area (Å²) in [4.78, 5) is 0. The third-order valence-corrected chi connectivity index (χ3v) is 24.5. The van der Waals surface area contributed by atoms with Crippen LogP contribution in [0.1, 0.15) is 67.2 Å². The van der Waals surface area contributed by atoms with E-state index in [1.54, 1.807) is 0 Å². The Morgan fingerprint density at radius 1 is 0.800 bits per heavy atom. The van der Waals surface area contributed by atoms with Crippen molar-refractivity contribution in [2.24, 2.45) is 5.41 Å². The Morgan fingerprint density at radius 2 is 1.25 bits per heavy atom. The van der Waals surface area contributed by atoms with Crippen molar-refractivity contribution in [1.82, 2.24) is 0 Å². The van der Waals surface area contributed by atoms with Gasteiger partial charge in [0.1, 0.15) is 0 Å². The predicted molar refractivity (Wildman–Crippen MR) is 96.4 cm³/mol. The molecule has 0 aromatic heterocycles. The molecule has 1 aliphatic heterocycles. The maximum atomic E-state index is 7.27. The van der Waals surface area contributed by atoms with Gasteiger partial charge in [0.25, 0.3) is 0 Å². The molecule has 0 atom stereocenters. The van der Waals surface area contributed by atoms with Crippen LogP contribution in [0.3, 0.4) is 0 Å². The van der Waals surface area contributed by atoms with Gasteiger partial charge in [-0.15, -0.1) is 0 Å². The molecule has 1 fully saturated rings. The van der Waals surface area contributed by atoms with E-state index in [1.165, 1.54) is 43.8 Å². The van der Waals surface area contributed by atoms with E-state index in [0.29, 0.717) is 5.41 Å². The molecule has 0 aromatic rings. The lowest BCUT2D eigenvalue weighted by atomic mass is 9.66. The summed E-state index contributed by atoms with van der Waals surface area (Å²) in [6, 6.07) is 4.16. The second kappa shape index (κ2) is 6.25. The third kappa shape index (κ3) is 2.38. The summed E-state index contributed by atoms with van der Waals surface area (Å²) in [6.07, 6.45) is 4.98. The highest BCUT2D eigenvalue weighted by Crippen LogP contribution is 2.58. The zero-order valence-corrected chi connectivity index (χ0v) is 17.4. The maximum absolute atomic E-state index is 7.27. The largest absolute Gasteiger partial charge is 0.414 e. The van der Waals surface area contributed by atoms with Crippen molar-refractivity contribution in [2.45, 2.75) is 104 Å². The fourth-order valence-corrected chi connectivity index (χ4v) is 21.6. The molecule has 1 aliphatic rings. The number of hydrogen-bond acceptors (Lipinski definition) is 1. The van der Waals surface area contributed by atoms with Gasteiger partial charge in [0.15, 0.2) is 7.83 Å². The highest BCUT2D eigenvalue weighted by atomic mass is 29.3. The Morgan fingerprint density at radius 3 is 1.55 bits per heavy atom. The van der Waals surface area contributed by atoms with E-state index in [1.807, 2.05) is 0 Å². The summed E-state index contributed by atoms with van der Waals surface area (Å²) in [5, 5.41) is 0. The summed E-state index contributed by atoms with van der Waals surface area (Å²) >= 11 is 0. The Labute approximate surface area is 129 Å². The Balaban J connectivity index is 3.41. The van der Waals surface area contributed by atoms with Crippen LogP contribution < -0.4 is 0 Å². The maximum Gasteiger partial charge on any atom is 0.180 e. The third-order valence-electron chi connectivity index (χ3n) is 7.01. The normalized spacial score (nSPS) is 26.4. The second-order valence-electron chi connectivity index (χ2n) is 7.55. The van der Waals surface area contributed by atoms with Crippen LogP contribution in [0.2, 0.25) is 31.2 Å². The molecule has 1 nitrogen and oxygen atoms in total. The van der Waals surface area contributed by atoms with Crippen molar-refractivity contribution < 1.29 is 4.43 Å². The lowest BCUT2D eigenvalue weighted by Crippen LogP contribution is -2.73. The molecule has 1 saturated heterocycles. The van der Waals surface area contributed by atoms with Gasteiger partial charge < -0.3 is 4.43 Å². The van der Waals surface area contributed by atoms with Crippen LogP contribution in [0.4, 0.5) is 0 Å². The molecule has 120 valence electrons. The zero-order chi connectivity index (χ0) is 15.7. The van der Waals surface area contributed by atoms with Gasteiger partial charge in [-0.3, -0.25) is 0 Å². The summed E-state index contributed by atoms with van der Waals surface area (Å²) in [6.45, 7) is 19.6. The van der Waals surface area contributed by atoms with E-state index >= 15 is 0 Å². The first-order valence-electron chi connectivity index (χ1n) is 8.98. The summed E-state index contributed by atoms with van der Waals surface area (Å²) in [5.74, 6) is 0. The van der Waals surface area contributed by atoms with Crippen molar-refractivity contribution in [3.63, 3.8) is 0 Å². The van der Waals surface area contributed by atoms with E-state index < -0.39 is 15.4 Å².